The summed E-state index contributed by atoms with van der Waals surface area (Å²) >= 11 is 1.15. The predicted molar refractivity (Wildman–Crippen MR) is 101 cm³/mol. The van der Waals surface area contributed by atoms with E-state index in [0.29, 0.717) is 28.9 Å². The van der Waals surface area contributed by atoms with E-state index in [1.807, 2.05) is 65.6 Å². The van der Waals surface area contributed by atoms with Gasteiger partial charge in [-0.25, -0.2) is 9.78 Å². The van der Waals surface area contributed by atoms with Crippen LogP contribution in [0.3, 0.4) is 0 Å². The molecule has 0 aliphatic rings. The Balaban J connectivity index is 1.97. The van der Waals surface area contributed by atoms with Crippen LogP contribution in [-0.2, 0) is 17.8 Å². The molecule has 0 radical (unpaired) electrons. The van der Waals surface area contributed by atoms with Gasteiger partial charge in [-0.2, -0.15) is 0 Å². The minimum Gasteiger partial charge on any atom is -0.465 e. The molecule has 0 spiro atoms. The zero-order chi connectivity index (χ0) is 17.6. The Kier molecular flexibility index (Phi) is 5.30. The van der Waals surface area contributed by atoms with Crippen molar-refractivity contribution in [2.24, 2.45) is 0 Å². The lowest BCUT2D eigenvalue weighted by molar-refractivity contribution is 0.0606. The smallest absolute Gasteiger partial charge is 0.352 e. The van der Waals surface area contributed by atoms with Crippen LogP contribution >= 0.6 is 11.3 Å². The van der Waals surface area contributed by atoms with Crippen LogP contribution in [0.15, 0.2) is 60.7 Å². The first kappa shape index (κ1) is 17.0. The molecule has 0 fully saturated rings. The maximum Gasteiger partial charge on any atom is 0.352 e. The number of nitrogen functional groups attached to an aromatic ring is 1. The standard InChI is InChI=1S/C19H19N3O2S/c1-24-18(23)16-17(21-19(20)25-16)22(12-14-8-4-2-5-9-14)13-15-10-6-3-7-11-15/h2-11H,12-13H2,1H3,(H2,20,21). The van der Waals surface area contributed by atoms with Gasteiger partial charge in [-0.1, -0.05) is 72.0 Å². The predicted octanol–water partition coefficient (Wildman–Crippen LogP) is 3.72. The summed E-state index contributed by atoms with van der Waals surface area (Å²) in [5, 5.41) is 0.349. The van der Waals surface area contributed by atoms with Crippen molar-refractivity contribution in [3.05, 3.63) is 76.7 Å². The molecule has 0 unspecified atom stereocenters. The number of nitrogens with two attached hydrogens (primary N) is 1. The van der Waals surface area contributed by atoms with E-state index in [9.17, 15) is 4.79 Å². The number of carbonyl (C=O) groups is 1. The average Bonchev–Trinajstić information content (AvgIpc) is 3.04. The van der Waals surface area contributed by atoms with Gasteiger partial charge in [0.2, 0.25) is 0 Å². The van der Waals surface area contributed by atoms with Crippen LogP contribution < -0.4 is 10.6 Å². The maximum atomic E-state index is 12.1. The van der Waals surface area contributed by atoms with E-state index in [1.54, 1.807) is 0 Å². The van der Waals surface area contributed by atoms with Gasteiger partial charge in [-0.05, 0) is 11.1 Å². The minimum atomic E-state index is -0.421. The van der Waals surface area contributed by atoms with E-state index in [0.717, 1.165) is 22.5 Å². The molecular formula is C19H19N3O2S. The van der Waals surface area contributed by atoms with Crippen LogP contribution in [0.25, 0.3) is 0 Å². The fourth-order valence-corrected chi connectivity index (χ4v) is 3.36. The maximum absolute atomic E-state index is 12.1. The van der Waals surface area contributed by atoms with Gasteiger partial charge < -0.3 is 15.4 Å². The van der Waals surface area contributed by atoms with Gasteiger partial charge in [0, 0.05) is 13.1 Å². The highest BCUT2D eigenvalue weighted by molar-refractivity contribution is 7.17. The number of benzene rings is 2. The number of hydrogen-bond donors (Lipinski definition) is 1. The fraction of sp³-hybridized carbons (Fsp3) is 0.158. The van der Waals surface area contributed by atoms with Gasteiger partial charge in [0.1, 0.15) is 0 Å². The summed E-state index contributed by atoms with van der Waals surface area (Å²) in [6.07, 6.45) is 0. The number of aromatic nitrogens is 1. The van der Waals surface area contributed by atoms with E-state index in [1.165, 1.54) is 7.11 Å². The Morgan fingerprint density at radius 2 is 1.56 bits per heavy atom. The number of hydrogen-bond acceptors (Lipinski definition) is 6. The SMILES string of the molecule is COC(=O)c1sc(N)nc1N(Cc1ccccc1)Cc1ccccc1. The second-order valence-corrected chi connectivity index (χ2v) is 6.55. The second-order valence-electron chi connectivity index (χ2n) is 5.52. The lowest BCUT2D eigenvalue weighted by Gasteiger charge is -2.23. The summed E-state index contributed by atoms with van der Waals surface area (Å²) in [4.78, 5) is 19.0. The average molecular weight is 353 g/mol. The molecule has 0 aliphatic heterocycles. The summed E-state index contributed by atoms with van der Waals surface area (Å²) in [5.74, 6) is 0.136. The van der Waals surface area contributed by atoms with E-state index < -0.39 is 5.97 Å². The zero-order valence-electron chi connectivity index (χ0n) is 13.9. The molecule has 2 N–H and O–H groups in total. The van der Waals surface area contributed by atoms with Gasteiger partial charge in [-0.3, -0.25) is 0 Å². The van der Waals surface area contributed by atoms with E-state index in [4.69, 9.17) is 10.5 Å². The summed E-state index contributed by atoms with van der Waals surface area (Å²) in [6, 6.07) is 20.1. The normalized spacial score (nSPS) is 10.4. The molecule has 1 heterocycles. The van der Waals surface area contributed by atoms with Gasteiger partial charge in [0.25, 0.3) is 0 Å². The Hall–Kier alpha value is -2.86. The molecule has 2 aromatic carbocycles. The molecule has 0 aliphatic carbocycles. The van der Waals surface area contributed by atoms with Gasteiger partial charge >= 0.3 is 5.97 Å². The van der Waals surface area contributed by atoms with Crippen LogP contribution in [0.4, 0.5) is 10.9 Å². The summed E-state index contributed by atoms with van der Waals surface area (Å²) in [6.45, 7) is 1.23. The molecule has 0 bridgehead atoms. The third-order valence-corrected chi connectivity index (χ3v) is 4.58. The monoisotopic (exact) mass is 353 g/mol. The van der Waals surface area contributed by atoms with Crippen LogP contribution in [0.1, 0.15) is 20.8 Å². The number of methoxy groups -OCH3 is 1. The highest BCUT2D eigenvalue weighted by Crippen LogP contribution is 2.31. The number of esters is 1. The highest BCUT2D eigenvalue weighted by atomic mass is 32.1. The van der Waals surface area contributed by atoms with Crippen molar-refractivity contribution < 1.29 is 9.53 Å². The third-order valence-electron chi connectivity index (χ3n) is 3.73. The molecule has 0 saturated carbocycles. The first-order valence-electron chi connectivity index (χ1n) is 7.85. The molecule has 0 amide bonds. The molecule has 1 aromatic heterocycles. The number of carbonyl (C=O) groups excluding carboxylic acids is 1. The lowest BCUT2D eigenvalue weighted by atomic mass is 10.1. The highest BCUT2D eigenvalue weighted by Gasteiger charge is 2.23. The molecule has 0 saturated heterocycles. The summed E-state index contributed by atoms with van der Waals surface area (Å²) < 4.78 is 4.89. The largest absolute Gasteiger partial charge is 0.465 e. The van der Waals surface area contributed by atoms with Gasteiger partial charge in [0.05, 0.1) is 7.11 Å². The Labute approximate surface area is 150 Å². The van der Waals surface area contributed by atoms with Gasteiger partial charge in [-0.15, -0.1) is 0 Å². The van der Waals surface area contributed by atoms with Crippen LogP contribution in [0, 0.1) is 0 Å². The summed E-state index contributed by atoms with van der Waals surface area (Å²) in [7, 11) is 1.36. The van der Waals surface area contributed by atoms with Crippen LogP contribution in [0.5, 0.6) is 0 Å². The molecule has 3 aromatic rings. The molecule has 25 heavy (non-hydrogen) atoms. The fourth-order valence-electron chi connectivity index (χ4n) is 2.58. The molecular weight excluding hydrogens is 334 g/mol. The second kappa shape index (κ2) is 7.81. The van der Waals surface area contributed by atoms with E-state index in [2.05, 4.69) is 4.98 Å². The van der Waals surface area contributed by atoms with Crippen LogP contribution in [-0.4, -0.2) is 18.1 Å². The first-order chi connectivity index (χ1) is 12.2. The number of rotatable bonds is 6. The van der Waals surface area contributed by atoms with E-state index >= 15 is 0 Å². The van der Waals surface area contributed by atoms with Crippen molar-refractivity contribution in [1.29, 1.82) is 0 Å². The topological polar surface area (TPSA) is 68.5 Å². The minimum absolute atomic E-state index is 0.349. The zero-order valence-corrected chi connectivity index (χ0v) is 14.7. The van der Waals surface area contributed by atoms with Crippen LogP contribution in [0.2, 0.25) is 0 Å². The molecule has 0 atom stereocenters. The first-order valence-corrected chi connectivity index (χ1v) is 8.66. The number of nitrogens with zero attached hydrogens (tertiary/aromatic N) is 2. The number of thiazole rings is 1. The van der Waals surface area contributed by atoms with Gasteiger partial charge in [0.15, 0.2) is 15.8 Å². The lowest BCUT2D eigenvalue weighted by Crippen LogP contribution is -2.24. The summed E-state index contributed by atoms with van der Waals surface area (Å²) in [5.41, 5.74) is 8.12. The van der Waals surface area contributed by atoms with Crippen molar-refractivity contribution in [1.82, 2.24) is 4.98 Å². The van der Waals surface area contributed by atoms with Crippen molar-refractivity contribution >= 4 is 28.3 Å². The Morgan fingerprint density at radius 1 is 1.04 bits per heavy atom. The van der Waals surface area contributed by atoms with Crippen molar-refractivity contribution in [2.75, 3.05) is 17.7 Å². The quantitative estimate of drug-likeness (QED) is 0.684. The molecule has 128 valence electrons. The van der Waals surface area contributed by atoms with Crippen molar-refractivity contribution in [3.8, 4) is 0 Å². The number of anilines is 2. The van der Waals surface area contributed by atoms with Crippen molar-refractivity contribution in [2.45, 2.75) is 13.1 Å². The Morgan fingerprint density at radius 3 is 2.04 bits per heavy atom. The number of ether oxygens (including phenoxy) is 1. The molecule has 5 nitrogen and oxygen atoms in total. The molecule has 3 rings (SSSR count). The molecule has 6 heteroatoms. The Bertz CT molecular complexity index is 793. The van der Waals surface area contributed by atoms with E-state index in [-0.39, 0.29) is 0 Å². The third kappa shape index (κ3) is 4.16. The van der Waals surface area contributed by atoms with Crippen molar-refractivity contribution in [3.63, 3.8) is 0 Å².